The maximum absolute atomic E-state index is 12.4. The van der Waals surface area contributed by atoms with E-state index in [1.807, 2.05) is 26.0 Å². The van der Waals surface area contributed by atoms with E-state index in [0.717, 1.165) is 16.7 Å². The molecule has 0 bridgehead atoms. The Labute approximate surface area is 131 Å². The van der Waals surface area contributed by atoms with Crippen LogP contribution in [0.5, 0.6) is 0 Å². The molecule has 1 aromatic carbocycles. The number of rotatable bonds is 3. The second-order valence-corrected chi connectivity index (χ2v) is 5.99. The third kappa shape index (κ3) is 3.85. The van der Waals surface area contributed by atoms with Crippen molar-refractivity contribution in [2.75, 3.05) is 26.2 Å². The molecule has 0 saturated carbocycles. The highest BCUT2D eigenvalue weighted by atomic mass is 16.3. The van der Waals surface area contributed by atoms with Crippen molar-refractivity contribution in [3.05, 3.63) is 34.9 Å². The van der Waals surface area contributed by atoms with Crippen LogP contribution in [0.3, 0.4) is 0 Å². The summed E-state index contributed by atoms with van der Waals surface area (Å²) in [4.78, 5) is 27.6. The van der Waals surface area contributed by atoms with Crippen LogP contribution in [0.2, 0.25) is 0 Å². The zero-order valence-corrected chi connectivity index (χ0v) is 13.5. The number of benzene rings is 1. The van der Waals surface area contributed by atoms with Gasteiger partial charge < -0.3 is 14.9 Å². The number of piperazine rings is 1. The lowest BCUT2D eigenvalue weighted by Crippen LogP contribution is -2.52. The molecule has 2 rings (SSSR count). The first-order valence-electron chi connectivity index (χ1n) is 7.69. The Balaban J connectivity index is 1.93. The summed E-state index contributed by atoms with van der Waals surface area (Å²) >= 11 is 0. The molecule has 1 unspecified atom stereocenters. The van der Waals surface area contributed by atoms with Crippen LogP contribution < -0.4 is 0 Å². The number of nitrogens with zero attached hydrogens (tertiary/aromatic N) is 2. The highest BCUT2D eigenvalue weighted by Gasteiger charge is 2.26. The lowest BCUT2D eigenvalue weighted by atomic mass is 10.0. The maximum atomic E-state index is 12.4. The third-order valence-electron chi connectivity index (χ3n) is 4.15. The van der Waals surface area contributed by atoms with Gasteiger partial charge in [-0.3, -0.25) is 9.59 Å². The number of carbonyl (C=O) groups excluding carboxylic acids is 2. The van der Waals surface area contributed by atoms with Gasteiger partial charge in [0.15, 0.2) is 0 Å². The number of hydrogen-bond acceptors (Lipinski definition) is 3. The molecular weight excluding hydrogens is 280 g/mol. The van der Waals surface area contributed by atoms with Gasteiger partial charge in [-0.15, -0.1) is 0 Å². The lowest BCUT2D eigenvalue weighted by Gasteiger charge is -2.35. The van der Waals surface area contributed by atoms with Crippen molar-refractivity contribution in [3.63, 3.8) is 0 Å². The van der Waals surface area contributed by atoms with E-state index >= 15 is 0 Å². The molecule has 1 aliphatic rings. The Kier molecular flexibility index (Phi) is 5.19. The van der Waals surface area contributed by atoms with Crippen LogP contribution in [-0.2, 0) is 16.0 Å². The van der Waals surface area contributed by atoms with Gasteiger partial charge >= 0.3 is 0 Å². The standard InChI is InChI=1S/C17H24N2O3/c1-12-4-5-13(2)15(10-12)11-16(21)18-6-8-19(9-7-18)17(22)14(3)20/h4-5,10,14,20H,6-9,11H2,1-3H3. The van der Waals surface area contributed by atoms with Crippen molar-refractivity contribution < 1.29 is 14.7 Å². The van der Waals surface area contributed by atoms with E-state index in [1.54, 1.807) is 9.80 Å². The van der Waals surface area contributed by atoms with Crippen LogP contribution in [0, 0.1) is 13.8 Å². The van der Waals surface area contributed by atoms with Gasteiger partial charge in [0.2, 0.25) is 5.91 Å². The van der Waals surface area contributed by atoms with Crippen molar-refractivity contribution in [1.29, 1.82) is 0 Å². The maximum Gasteiger partial charge on any atom is 0.251 e. The molecule has 1 heterocycles. The van der Waals surface area contributed by atoms with Crippen LogP contribution in [0.1, 0.15) is 23.6 Å². The van der Waals surface area contributed by atoms with Crippen LogP contribution in [0.25, 0.3) is 0 Å². The van der Waals surface area contributed by atoms with E-state index in [2.05, 4.69) is 6.07 Å². The topological polar surface area (TPSA) is 60.9 Å². The SMILES string of the molecule is Cc1ccc(C)c(CC(=O)N2CCN(C(=O)C(C)O)CC2)c1. The van der Waals surface area contributed by atoms with Gasteiger partial charge in [-0.1, -0.05) is 23.8 Å². The Morgan fingerprint density at radius 2 is 1.73 bits per heavy atom. The highest BCUT2D eigenvalue weighted by Crippen LogP contribution is 2.13. The minimum Gasteiger partial charge on any atom is -0.384 e. The summed E-state index contributed by atoms with van der Waals surface area (Å²) < 4.78 is 0. The predicted octanol–water partition coefficient (Wildman–Crippen LogP) is 0.898. The van der Waals surface area contributed by atoms with Crippen LogP contribution in [0.4, 0.5) is 0 Å². The summed E-state index contributed by atoms with van der Waals surface area (Å²) in [6, 6.07) is 6.14. The second-order valence-electron chi connectivity index (χ2n) is 5.99. The van der Waals surface area contributed by atoms with Crippen molar-refractivity contribution in [1.82, 2.24) is 9.80 Å². The smallest absolute Gasteiger partial charge is 0.251 e. The summed E-state index contributed by atoms with van der Waals surface area (Å²) in [6.45, 7) is 7.55. The van der Waals surface area contributed by atoms with Gasteiger partial charge in [0, 0.05) is 26.2 Å². The van der Waals surface area contributed by atoms with Gasteiger partial charge in [0.1, 0.15) is 6.10 Å². The molecular formula is C17H24N2O3. The Morgan fingerprint density at radius 1 is 1.14 bits per heavy atom. The lowest BCUT2D eigenvalue weighted by molar-refractivity contribution is -0.144. The molecule has 120 valence electrons. The van der Waals surface area contributed by atoms with Gasteiger partial charge in [0.25, 0.3) is 5.91 Å². The van der Waals surface area contributed by atoms with E-state index in [9.17, 15) is 14.7 Å². The summed E-state index contributed by atoms with van der Waals surface area (Å²) in [7, 11) is 0. The molecule has 1 atom stereocenters. The molecule has 0 aromatic heterocycles. The van der Waals surface area contributed by atoms with Crippen molar-refractivity contribution in [2.24, 2.45) is 0 Å². The first-order chi connectivity index (χ1) is 10.4. The van der Waals surface area contributed by atoms with E-state index < -0.39 is 6.10 Å². The first-order valence-corrected chi connectivity index (χ1v) is 7.69. The Bertz CT molecular complexity index is 561. The summed E-state index contributed by atoms with van der Waals surface area (Å²) in [5, 5.41) is 9.33. The van der Waals surface area contributed by atoms with Gasteiger partial charge in [-0.25, -0.2) is 0 Å². The van der Waals surface area contributed by atoms with Crippen molar-refractivity contribution in [3.8, 4) is 0 Å². The second kappa shape index (κ2) is 6.92. The average Bonchev–Trinajstić information content (AvgIpc) is 2.50. The summed E-state index contributed by atoms with van der Waals surface area (Å²) in [5.74, 6) is -0.167. The minimum atomic E-state index is -0.975. The molecule has 22 heavy (non-hydrogen) atoms. The van der Waals surface area contributed by atoms with Crippen LogP contribution in [-0.4, -0.2) is 59.0 Å². The molecule has 1 N–H and O–H groups in total. The third-order valence-corrected chi connectivity index (χ3v) is 4.15. The van der Waals surface area contributed by atoms with Crippen molar-refractivity contribution in [2.45, 2.75) is 33.3 Å². The fraction of sp³-hybridized carbons (Fsp3) is 0.529. The number of aryl methyl sites for hydroxylation is 2. The Morgan fingerprint density at radius 3 is 2.32 bits per heavy atom. The number of amides is 2. The molecule has 0 radical (unpaired) electrons. The molecule has 1 aliphatic heterocycles. The molecule has 1 saturated heterocycles. The highest BCUT2D eigenvalue weighted by molar-refractivity contribution is 5.82. The number of carbonyl (C=O) groups is 2. The zero-order valence-electron chi connectivity index (χ0n) is 13.5. The fourth-order valence-corrected chi connectivity index (χ4v) is 2.71. The fourth-order valence-electron chi connectivity index (χ4n) is 2.71. The van der Waals surface area contributed by atoms with Crippen LogP contribution in [0.15, 0.2) is 18.2 Å². The van der Waals surface area contributed by atoms with Gasteiger partial charge in [0.05, 0.1) is 6.42 Å². The molecule has 1 aromatic rings. The Hall–Kier alpha value is -1.88. The number of hydrogen-bond donors (Lipinski definition) is 1. The average molecular weight is 304 g/mol. The minimum absolute atomic E-state index is 0.0952. The summed E-state index contributed by atoms with van der Waals surface area (Å²) in [6.07, 6.45) is -0.574. The van der Waals surface area contributed by atoms with E-state index in [0.29, 0.717) is 32.6 Å². The number of aliphatic hydroxyl groups excluding tert-OH is 1. The molecule has 5 heteroatoms. The predicted molar refractivity (Wildman–Crippen MR) is 84.5 cm³/mol. The van der Waals surface area contributed by atoms with E-state index in [4.69, 9.17) is 0 Å². The normalized spacial score (nSPS) is 16.5. The quantitative estimate of drug-likeness (QED) is 0.902. The van der Waals surface area contributed by atoms with Gasteiger partial charge in [-0.05, 0) is 31.9 Å². The molecule has 0 spiro atoms. The largest absolute Gasteiger partial charge is 0.384 e. The first kappa shape index (κ1) is 16.5. The van der Waals surface area contributed by atoms with E-state index in [1.165, 1.54) is 6.92 Å². The molecule has 5 nitrogen and oxygen atoms in total. The number of aliphatic hydroxyl groups is 1. The summed E-state index contributed by atoms with van der Waals surface area (Å²) in [5.41, 5.74) is 3.34. The molecule has 2 amide bonds. The van der Waals surface area contributed by atoms with Gasteiger partial charge in [-0.2, -0.15) is 0 Å². The monoisotopic (exact) mass is 304 g/mol. The zero-order chi connectivity index (χ0) is 16.3. The van der Waals surface area contributed by atoms with Crippen LogP contribution >= 0.6 is 0 Å². The molecule has 0 aliphatic carbocycles. The molecule has 1 fully saturated rings. The van der Waals surface area contributed by atoms with E-state index in [-0.39, 0.29) is 11.8 Å². The van der Waals surface area contributed by atoms with Crippen molar-refractivity contribution >= 4 is 11.8 Å².